The van der Waals surface area contributed by atoms with Gasteiger partial charge in [-0.05, 0) is 48.6 Å². The summed E-state index contributed by atoms with van der Waals surface area (Å²) in [5.74, 6) is 0.159. The molecule has 0 radical (unpaired) electrons. The Morgan fingerprint density at radius 3 is 2.38 bits per heavy atom. The second-order valence-corrected chi connectivity index (χ2v) is 7.04. The first kappa shape index (κ1) is 19.3. The van der Waals surface area contributed by atoms with E-state index in [9.17, 15) is 4.79 Å². The van der Waals surface area contributed by atoms with Crippen LogP contribution in [0, 0.1) is 0 Å². The van der Waals surface area contributed by atoms with Crippen molar-refractivity contribution in [2.45, 2.75) is 0 Å². The van der Waals surface area contributed by atoms with Gasteiger partial charge >= 0.3 is 0 Å². The molecule has 126 valence electrons. The molecular formula is C15H10BrCl3N2O2S. The molecule has 0 fully saturated rings. The molecule has 1 amide bonds. The van der Waals surface area contributed by atoms with Crippen molar-refractivity contribution in [1.29, 1.82) is 0 Å². The summed E-state index contributed by atoms with van der Waals surface area (Å²) in [5, 5.41) is 6.30. The summed E-state index contributed by atoms with van der Waals surface area (Å²) in [7, 11) is 0. The van der Waals surface area contributed by atoms with Gasteiger partial charge < -0.3 is 10.1 Å². The van der Waals surface area contributed by atoms with Crippen molar-refractivity contribution in [1.82, 2.24) is 5.32 Å². The molecule has 0 saturated heterocycles. The average Bonchev–Trinajstić information content (AvgIpc) is 2.52. The number of rotatable bonds is 4. The Labute approximate surface area is 167 Å². The van der Waals surface area contributed by atoms with Gasteiger partial charge in [0.15, 0.2) is 11.7 Å². The lowest BCUT2D eigenvalue weighted by Gasteiger charge is -2.12. The van der Waals surface area contributed by atoms with E-state index in [2.05, 4.69) is 26.6 Å². The van der Waals surface area contributed by atoms with E-state index in [4.69, 9.17) is 51.8 Å². The van der Waals surface area contributed by atoms with Crippen LogP contribution in [0.5, 0.6) is 5.75 Å². The normalized spacial score (nSPS) is 10.2. The van der Waals surface area contributed by atoms with E-state index in [0.717, 1.165) is 4.47 Å². The predicted molar refractivity (Wildman–Crippen MR) is 105 cm³/mol. The summed E-state index contributed by atoms with van der Waals surface area (Å²) in [5.41, 5.74) is 0.435. The minimum atomic E-state index is -0.411. The average molecular weight is 469 g/mol. The van der Waals surface area contributed by atoms with Crippen molar-refractivity contribution >= 4 is 79.7 Å². The van der Waals surface area contributed by atoms with Crippen LogP contribution < -0.4 is 15.4 Å². The molecular weight excluding hydrogens is 459 g/mol. The largest absolute Gasteiger partial charge is 0.484 e. The third-order valence-corrected chi connectivity index (χ3v) is 4.46. The molecule has 0 aliphatic heterocycles. The zero-order valence-corrected chi connectivity index (χ0v) is 16.6. The van der Waals surface area contributed by atoms with E-state index in [-0.39, 0.29) is 11.7 Å². The van der Waals surface area contributed by atoms with Gasteiger partial charge in [0, 0.05) is 4.47 Å². The molecule has 0 bridgehead atoms. The maximum absolute atomic E-state index is 11.8. The summed E-state index contributed by atoms with van der Waals surface area (Å²) < 4.78 is 6.27. The second kappa shape index (κ2) is 8.87. The molecule has 0 aromatic heterocycles. The van der Waals surface area contributed by atoms with Crippen molar-refractivity contribution in [3.8, 4) is 5.75 Å². The third-order valence-electron chi connectivity index (χ3n) is 2.69. The number of carbonyl (C=O) groups is 1. The van der Waals surface area contributed by atoms with Crippen LogP contribution in [0.3, 0.4) is 0 Å². The molecule has 0 saturated carbocycles. The highest BCUT2D eigenvalue weighted by Gasteiger charge is 2.10. The van der Waals surface area contributed by atoms with E-state index < -0.39 is 5.91 Å². The van der Waals surface area contributed by atoms with Crippen LogP contribution in [0.1, 0.15) is 0 Å². The van der Waals surface area contributed by atoms with Crippen LogP contribution in [0.2, 0.25) is 15.1 Å². The van der Waals surface area contributed by atoms with Crippen LogP contribution in [0.4, 0.5) is 5.69 Å². The molecule has 0 spiro atoms. The maximum Gasteiger partial charge on any atom is 0.264 e. The van der Waals surface area contributed by atoms with Gasteiger partial charge in [-0.25, -0.2) is 0 Å². The molecule has 24 heavy (non-hydrogen) atoms. The van der Waals surface area contributed by atoms with Gasteiger partial charge in [-0.15, -0.1) is 0 Å². The lowest BCUT2D eigenvalue weighted by molar-refractivity contribution is -0.121. The number of anilines is 1. The van der Waals surface area contributed by atoms with Gasteiger partial charge in [-0.3, -0.25) is 10.1 Å². The standard InChI is InChI=1S/C15H10BrCl3N2O2S/c16-8-1-3-9(4-2-8)23-7-14(22)21-15(24)20-13-6-11(18)10(17)5-12(13)19/h1-6H,7H2,(H2,20,21,22,24). The first-order chi connectivity index (χ1) is 11.3. The summed E-state index contributed by atoms with van der Waals surface area (Å²) >= 11 is 26.2. The molecule has 2 aromatic rings. The molecule has 4 nitrogen and oxygen atoms in total. The topological polar surface area (TPSA) is 50.4 Å². The molecule has 2 rings (SSSR count). The third kappa shape index (κ3) is 5.79. The van der Waals surface area contributed by atoms with Gasteiger partial charge in [0.05, 0.1) is 20.8 Å². The van der Waals surface area contributed by atoms with Gasteiger partial charge in [0.25, 0.3) is 5.91 Å². The zero-order valence-electron chi connectivity index (χ0n) is 11.9. The van der Waals surface area contributed by atoms with E-state index in [0.29, 0.717) is 26.5 Å². The Morgan fingerprint density at radius 1 is 1.08 bits per heavy atom. The number of nitrogens with one attached hydrogen (secondary N) is 2. The van der Waals surface area contributed by atoms with Crippen LogP contribution in [-0.2, 0) is 4.79 Å². The molecule has 2 aromatic carbocycles. The highest BCUT2D eigenvalue weighted by molar-refractivity contribution is 9.10. The van der Waals surface area contributed by atoms with Crippen molar-refractivity contribution in [3.05, 3.63) is 55.9 Å². The smallest absolute Gasteiger partial charge is 0.264 e. The van der Waals surface area contributed by atoms with Crippen molar-refractivity contribution in [2.24, 2.45) is 0 Å². The van der Waals surface area contributed by atoms with E-state index >= 15 is 0 Å². The Kier molecular flexibility index (Phi) is 7.13. The van der Waals surface area contributed by atoms with Crippen LogP contribution in [0.15, 0.2) is 40.9 Å². The lowest BCUT2D eigenvalue weighted by Crippen LogP contribution is -2.37. The van der Waals surface area contributed by atoms with Crippen LogP contribution in [0.25, 0.3) is 0 Å². The molecule has 0 atom stereocenters. The van der Waals surface area contributed by atoms with Crippen molar-refractivity contribution < 1.29 is 9.53 Å². The Bertz CT molecular complexity index is 772. The Balaban J connectivity index is 1.86. The molecule has 0 unspecified atom stereocenters. The number of hydrogen-bond donors (Lipinski definition) is 2. The Morgan fingerprint density at radius 2 is 1.71 bits per heavy atom. The molecule has 2 N–H and O–H groups in total. The van der Waals surface area contributed by atoms with Gasteiger partial charge in [0.1, 0.15) is 5.75 Å². The van der Waals surface area contributed by atoms with E-state index in [1.807, 2.05) is 12.1 Å². The van der Waals surface area contributed by atoms with Gasteiger partial charge in [-0.1, -0.05) is 50.7 Å². The monoisotopic (exact) mass is 466 g/mol. The molecule has 0 heterocycles. The Hall–Kier alpha value is -1.05. The number of amides is 1. The number of benzene rings is 2. The summed E-state index contributed by atoms with van der Waals surface area (Å²) in [6.07, 6.45) is 0. The SMILES string of the molecule is O=C(COc1ccc(Br)cc1)NC(=S)Nc1cc(Cl)c(Cl)cc1Cl. The molecule has 0 aliphatic carbocycles. The number of carbonyl (C=O) groups excluding carboxylic acids is 1. The number of halogens is 4. The predicted octanol–water partition coefficient (Wildman–Crippen LogP) is 5.30. The quantitative estimate of drug-likeness (QED) is 0.472. The first-order valence-electron chi connectivity index (χ1n) is 6.49. The summed E-state index contributed by atoms with van der Waals surface area (Å²) in [6, 6.07) is 10.1. The van der Waals surface area contributed by atoms with E-state index in [1.54, 1.807) is 12.1 Å². The summed E-state index contributed by atoms with van der Waals surface area (Å²) in [4.78, 5) is 11.8. The van der Waals surface area contributed by atoms with Crippen molar-refractivity contribution in [2.75, 3.05) is 11.9 Å². The highest BCUT2D eigenvalue weighted by Crippen LogP contribution is 2.32. The van der Waals surface area contributed by atoms with Crippen molar-refractivity contribution in [3.63, 3.8) is 0 Å². The molecule has 9 heteroatoms. The first-order valence-corrected chi connectivity index (χ1v) is 8.82. The number of thiocarbonyl (C=S) groups is 1. The zero-order chi connectivity index (χ0) is 17.7. The maximum atomic E-state index is 11.8. The minimum absolute atomic E-state index is 0.0692. The summed E-state index contributed by atoms with van der Waals surface area (Å²) in [6.45, 7) is -0.182. The fourth-order valence-electron chi connectivity index (χ4n) is 1.61. The second-order valence-electron chi connectivity index (χ2n) is 4.49. The number of hydrogen-bond acceptors (Lipinski definition) is 3. The highest BCUT2D eigenvalue weighted by atomic mass is 79.9. The number of ether oxygens (including phenoxy) is 1. The lowest BCUT2D eigenvalue weighted by atomic mass is 10.3. The van der Waals surface area contributed by atoms with E-state index in [1.165, 1.54) is 12.1 Å². The minimum Gasteiger partial charge on any atom is -0.484 e. The molecule has 0 aliphatic rings. The van der Waals surface area contributed by atoms with Gasteiger partial charge in [0.2, 0.25) is 0 Å². The van der Waals surface area contributed by atoms with Gasteiger partial charge in [-0.2, -0.15) is 0 Å². The fourth-order valence-corrected chi connectivity index (χ4v) is 2.70. The van der Waals surface area contributed by atoms with Crippen LogP contribution >= 0.6 is 63.0 Å². The fraction of sp³-hybridized carbons (Fsp3) is 0.0667. The van der Waals surface area contributed by atoms with Crippen LogP contribution in [-0.4, -0.2) is 17.6 Å².